The molecular weight excluding hydrogens is 256 g/mol. The number of ether oxygens (including phenoxy) is 2. The Morgan fingerprint density at radius 1 is 1.30 bits per heavy atom. The van der Waals surface area contributed by atoms with E-state index in [9.17, 15) is 5.11 Å². The first-order valence-corrected chi connectivity index (χ1v) is 6.87. The summed E-state index contributed by atoms with van der Waals surface area (Å²) in [5.41, 5.74) is 1.08. The summed E-state index contributed by atoms with van der Waals surface area (Å²) < 4.78 is 10.6. The molecule has 0 bridgehead atoms. The molecule has 0 aliphatic rings. The molecule has 0 aliphatic carbocycles. The number of hydrogen-bond donors (Lipinski definition) is 2. The first-order valence-electron chi connectivity index (χ1n) is 6.87. The van der Waals surface area contributed by atoms with Crippen LogP contribution in [0.4, 0.5) is 0 Å². The number of nitrogens with zero attached hydrogens (tertiary/aromatic N) is 1. The smallest absolute Gasteiger partial charge is 0.160 e. The number of nitrogens with one attached hydrogen (secondary N) is 1. The lowest BCUT2D eigenvalue weighted by atomic mass is 10.1. The van der Waals surface area contributed by atoms with Crippen LogP contribution in [0.15, 0.2) is 18.2 Å². The Labute approximate surface area is 121 Å². The van der Waals surface area contributed by atoms with E-state index in [0.29, 0.717) is 12.4 Å². The zero-order valence-electron chi connectivity index (χ0n) is 12.8. The van der Waals surface area contributed by atoms with Crippen molar-refractivity contribution in [2.75, 3.05) is 47.5 Å². The molecule has 1 aromatic rings. The Morgan fingerprint density at radius 3 is 2.70 bits per heavy atom. The second-order valence-electron chi connectivity index (χ2n) is 5.02. The number of phenolic OH excluding ortho intramolecular Hbond substituents is 1. The van der Waals surface area contributed by atoms with Gasteiger partial charge in [-0.15, -0.1) is 0 Å². The van der Waals surface area contributed by atoms with Gasteiger partial charge in [0.15, 0.2) is 11.5 Å². The van der Waals surface area contributed by atoms with Crippen LogP contribution < -0.4 is 10.1 Å². The maximum Gasteiger partial charge on any atom is 0.160 e. The van der Waals surface area contributed by atoms with Crippen LogP contribution in [0.25, 0.3) is 0 Å². The molecule has 0 aliphatic heterocycles. The quantitative estimate of drug-likeness (QED) is 0.674. The maximum absolute atomic E-state index is 9.57. The minimum Gasteiger partial charge on any atom is -0.504 e. The van der Waals surface area contributed by atoms with Crippen LogP contribution in [0.5, 0.6) is 11.5 Å². The molecule has 114 valence electrons. The second kappa shape index (κ2) is 8.79. The van der Waals surface area contributed by atoms with Crippen LogP contribution >= 0.6 is 0 Å². The number of methoxy groups -OCH3 is 1. The first kappa shape index (κ1) is 16.8. The topological polar surface area (TPSA) is 54.0 Å². The Kier molecular flexibility index (Phi) is 7.36. The van der Waals surface area contributed by atoms with E-state index in [0.717, 1.165) is 25.3 Å². The van der Waals surface area contributed by atoms with E-state index in [2.05, 4.69) is 17.1 Å². The van der Waals surface area contributed by atoms with Gasteiger partial charge in [-0.25, -0.2) is 0 Å². The lowest BCUT2D eigenvalue weighted by Crippen LogP contribution is -2.25. The van der Waals surface area contributed by atoms with Crippen molar-refractivity contribution in [2.45, 2.75) is 13.0 Å². The van der Waals surface area contributed by atoms with Crippen LogP contribution in [0.1, 0.15) is 18.5 Å². The van der Waals surface area contributed by atoms with Crippen molar-refractivity contribution >= 4 is 0 Å². The van der Waals surface area contributed by atoms with Crippen LogP contribution in [0.3, 0.4) is 0 Å². The van der Waals surface area contributed by atoms with E-state index >= 15 is 0 Å². The van der Waals surface area contributed by atoms with Gasteiger partial charge in [-0.2, -0.15) is 0 Å². The number of rotatable bonds is 9. The van der Waals surface area contributed by atoms with Gasteiger partial charge in [0, 0.05) is 19.1 Å². The predicted octanol–water partition coefficient (Wildman–Crippen LogP) is 1.63. The summed E-state index contributed by atoms with van der Waals surface area (Å²) in [7, 11) is 5.61. The highest BCUT2D eigenvalue weighted by atomic mass is 16.5. The lowest BCUT2D eigenvalue weighted by molar-refractivity contribution is 0.118. The largest absolute Gasteiger partial charge is 0.504 e. The Morgan fingerprint density at radius 2 is 2.05 bits per heavy atom. The molecule has 2 N–H and O–H groups in total. The summed E-state index contributed by atoms with van der Waals surface area (Å²) in [5, 5.41) is 12.9. The van der Waals surface area contributed by atoms with Gasteiger partial charge in [-0.3, -0.25) is 0 Å². The van der Waals surface area contributed by atoms with Gasteiger partial charge < -0.3 is 24.8 Å². The van der Waals surface area contributed by atoms with Crippen molar-refractivity contribution in [1.82, 2.24) is 10.2 Å². The van der Waals surface area contributed by atoms with Crippen LogP contribution in [-0.2, 0) is 4.74 Å². The van der Waals surface area contributed by atoms with Gasteiger partial charge in [0.25, 0.3) is 0 Å². The first-order chi connectivity index (χ1) is 9.54. The van der Waals surface area contributed by atoms with Crippen molar-refractivity contribution in [3.8, 4) is 11.5 Å². The number of benzene rings is 1. The van der Waals surface area contributed by atoms with Crippen molar-refractivity contribution in [2.24, 2.45) is 0 Å². The molecule has 1 unspecified atom stereocenters. The van der Waals surface area contributed by atoms with Crippen molar-refractivity contribution < 1.29 is 14.6 Å². The molecule has 0 fully saturated rings. The third kappa shape index (κ3) is 5.77. The second-order valence-corrected chi connectivity index (χ2v) is 5.02. The summed E-state index contributed by atoms with van der Waals surface area (Å²) in [6.07, 6.45) is 0. The summed E-state index contributed by atoms with van der Waals surface area (Å²) in [6.45, 7) is 5.23. The molecular formula is C15H26N2O3. The lowest BCUT2D eigenvalue weighted by Gasteiger charge is -2.16. The number of aromatic hydroxyl groups is 1. The van der Waals surface area contributed by atoms with E-state index in [1.54, 1.807) is 13.2 Å². The van der Waals surface area contributed by atoms with Gasteiger partial charge in [0.1, 0.15) is 0 Å². The molecule has 0 heterocycles. The van der Waals surface area contributed by atoms with Crippen molar-refractivity contribution in [3.05, 3.63) is 23.8 Å². The highest BCUT2D eigenvalue weighted by molar-refractivity contribution is 5.42. The summed E-state index contributed by atoms with van der Waals surface area (Å²) in [5.74, 6) is 0.661. The van der Waals surface area contributed by atoms with Crippen molar-refractivity contribution in [1.29, 1.82) is 0 Å². The van der Waals surface area contributed by atoms with E-state index < -0.39 is 0 Å². The molecule has 0 saturated carbocycles. The molecule has 0 saturated heterocycles. The van der Waals surface area contributed by atoms with E-state index in [1.807, 2.05) is 26.2 Å². The van der Waals surface area contributed by atoms with Crippen LogP contribution in [0, 0.1) is 0 Å². The number of hydrogen-bond acceptors (Lipinski definition) is 5. The Hall–Kier alpha value is -1.30. The Bertz CT molecular complexity index is 397. The van der Waals surface area contributed by atoms with Crippen molar-refractivity contribution in [3.63, 3.8) is 0 Å². The van der Waals surface area contributed by atoms with E-state index in [1.165, 1.54) is 0 Å². The fourth-order valence-corrected chi connectivity index (χ4v) is 1.78. The van der Waals surface area contributed by atoms with Gasteiger partial charge >= 0.3 is 0 Å². The summed E-state index contributed by atoms with van der Waals surface area (Å²) >= 11 is 0. The number of likely N-dealkylation sites (N-methyl/N-ethyl adjacent to an activating group) is 1. The predicted molar refractivity (Wildman–Crippen MR) is 80.4 cm³/mol. The molecule has 1 rings (SSSR count). The fraction of sp³-hybridized carbons (Fsp3) is 0.600. The maximum atomic E-state index is 9.57. The van der Waals surface area contributed by atoms with Gasteiger partial charge in [-0.1, -0.05) is 6.07 Å². The molecule has 20 heavy (non-hydrogen) atoms. The van der Waals surface area contributed by atoms with Gasteiger partial charge in [-0.05, 0) is 38.7 Å². The average molecular weight is 282 g/mol. The monoisotopic (exact) mass is 282 g/mol. The Balaban J connectivity index is 2.30. The zero-order chi connectivity index (χ0) is 15.0. The third-order valence-corrected chi connectivity index (χ3v) is 3.08. The zero-order valence-corrected chi connectivity index (χ0v) is 12.8. The molecule has 0 amide bonds. The van der Waals surface area contributed by atoms with E-state index in [-0.39, 0.29) is 11.8 Å². The molecule has 0 spiro atoms. The summed E-state index contributed by atoms with van der Waals surface area (Å²) in [6, 6.07) is 5.57. The van der Waals surface area contributed by atoms with Gasteiger partial charge in [0.2, 0.25) is 0 Å². The highest BCUT2D eigenvalue weighted by Gasteiger charge is 2.08. The molecule has 0 aromatic heterocycles. The summed E-state index contributed by atoms with van der Waals surface area (Å²) in [4.78, 5) is 2.10. The molecule has 1 atom stereocenters. The fourth-order valence-electron chi connectivity index (χ4n) is 1.78. The van der Waals surface area contributed by atoms with Gasteiger partial charge in [0.05, 0.1) is 20.3 Å². The standard InChI is InChI=1S/C15H26N2O3/c1-12(16-7-9-20-10-8-17(2)3)13-5-6-14(18)15(11-13)19-4/h5-6,11-12,16,18H,7-10H2,1-4H3. The SMILES string of the molecule is COc1cc(C(C)NCCOCCN(C)C)ccc1O. The third-order valence-electron chi connectivity index (χ3n) is 3.08. The highest BCUT2D eigenvalue weighted by Crippen LogP contribution is 2.28. The molecule has 1 aromatic carbocycles. The minimum absolute atomic E-state index is 0.162. The number of phenols is 1. The molecule has 5 heteroatoms. The van der Waals surface area contributed by atoms with Crippen LogP contribution in [0.2, 0.25) is 0 Å². The average Bonchev–Trinajstić information content (AvgIpc) is 2.42. The molecule has 0 radical (unpaired) electrons. The minimum atomic E-state index is 0.162. The van der Waals surface area contributed by atoms with E-state index in [4.69, 9.17) is 9.47 Å². The molecule has 5 nitrogen and oxygen atoms in total. The van der Waals surface area contributed by atoms with Crippen LogP contribution in [-0.4, -0.2) is 57.5 Å². The normalized spacial score (nSPS) is 12.7.